The van der Waals surface area contributed by atoms with Gasteiger partial charge in [-0.15, -0.1) is 0 Å². The molecule has 8 heteroatoms. The summed E-state index contributed by atoms with van der Waals surface area (Å²) in [7, 11) is 0. The molecule has 1 aromatic heterocycles. The number of carbonyl (C=O) groups is 1. The topological polar surface area (TPSA) is 45.2 Å². The van der Waals surface area contributed by atoms with Crippen molar-refractivity contribution < 1.29 is 18.0 Å². The minimum absolute atomic E-state index is 0.113. The SMILES string of the molecule is Cc1ccc(C(=O)Nc2cccc(C(F)(F)F)c2)cc1[C@@H]1CCN(c2ccc(Br)nc2)C1. The van der Waals surface area contributed by atoms with Crippen molar-refractivity contribution >= 4 is 33.2 Å². The lowest BCUT2D eigenvalue weighted by atomic mass is 9.92. The predicted octanol–water partition coefficient (Wildman–Crippen LogP) is 6.42. The molecule has 32 heavy (non-hydrogen) atoms. The Bertz CT molecular complexity index is 1130. The molecular formula is C24H21BrF3N3O. The lowest BCUT2D eigenvalue weighted by Crippen LogP contribution is -2.19. The number of alkyl halides is 3. The van der Waals surface area contributed by atoms with Crippen LogP contribution in [0.1, 0.15) is 39.4 Å². The number of halogens is 4. The lowest BCUT2D eigenvalue weighted by Gasteiger charge is -2.19. The van der Waals surface area contributed by atoms with Crippen LogP contribution in [0.4, 0.5) is 24.5 Å². The summed E-state index contributed by atoms with van der Waals surface area (Å²) < 4.78 is 39.6. The Morgan fingerprint density at radius 3 is 2.69 bits per heavy atom. The number of hydrogen-bond donors (Lipinski definition) is 1. The van der Waals surface area contributed by atoms with Gasteiger partial charge in [-0.2, -0.15) is 13.2 Å². The van der Waals surface area contributed by atoms with E-state index in [9.17, 15) is 18.0 Å². The highest BCUT2D eigenvalue weighted by atomic mass is 79.9. The normalized spacial score (nSPS) is 16.3. The van der Waals surface area contributed by atoms with Crippen molar-refractivity contribution in [2.75, 3.05) is 23.3 Å². The van der Waals surface area contributed by atoms with Crippen LogP contribution in [-0.2, 0) is 6.18 Å². The first-order valence-corrected chi connectivity index (χ1v) is 11.0. The summed E-state index contributed by atoms with van der Waals surface area (Å²) in [5.74, 6) is -0.183. The Labute approximate surface area is 192 Å². The Morgan fingerprint density at radius 1 is 1.16 bits per heavy atom. The van der Waals surface area contributed by atoms with Crippen LogP contribution < -0.4 is 10.2 Å². The van der Waals surface area contributed by atoms with Crippen molar-refractivity contribution in [3.05, 3.63) is 87.7 Å². The summed E-state index contributed by atoms with van der Waals surface area (Å²) in [6.07, 6.45) is -1.69. The summed E-state index contributed by atoms with van der Waals surface area (Å²) in [6, 6.07) is 14.0. The minimum Gasteiger partial charge on any atom is -0.370 e. The van der Waals surface area contributed by atoms with Crippen LogP contribution in [0, 0.1) is 6.92 Å². The second-order valence-electron chi connectivity index (χ2n) is 7.87. The van der Waals surface area contributed by atoms with Gasteiger partial charge < -0.3 is 10.2 Å². The van der Waals surface area contributed by atoms with E-state index in [4.69, 9.17) is 0 Å². The summed E-state index contributed by atoms with van der Waals surface area (Å²) in [6.45, 7) is 3.70. The van der Waals surface area contributed by atoms with Crippen LogP contribution in [0.5, 0.6) is 0 Å². The quantitative estimate of drug-likeness (QED) is 0.418. The summed E-state index contributed by atoms with van der Waals surface area (Å²) in [5, 5.41) is 2.59. The standard InChI is InChI=1S/C24H21BrF3N3O/c1-15-5-6-16(23(32)30-19-4-2-3-18(12-19)24(26,27)28)11-21(15)17-9-10-31(14-17)20-7-8-22(25)29-13-20/h2-8,11-13,17H,9-10,14H2,1H3,(H,30,32)/t17-/m1/s1. The van der Waals surface area contributed by atoms with E-state index < -0.39 is 17.6 Å². The number of anilines is 2. The van der Waals surface area contributed by atoms with Gasteiger partial charge in [0.15, 0.2) is 0 Å². The Hall–Kier alpha value is -2.87. The zero-order valence-corrected chi connectivity index (χ0v) is 18.9. The maximum absolute atomic E-state index is 12.9. The van der Waals surface area contributed by atoms with Crippen LogP contribution in [0.2, 0.25) is 0 Å². The van der Waals surface area contributed by atoms with Gasteiger partial charge in [0.1, 0.15) is 4.60 Å². The molecule has 4 nitrogen and oxygen atoms in total. The molecule has 3 aromatic rings. The number of pyridine rings is 1. The summed E-state index contributed by atoms with van der Waals surface area (Å²) in [4.78, 5) is 19.3. The van der Waals surface area contributed by atoms with E-state index in [1.807, 2.05) is 37.4 Å². The number of benzene rings is 2. The number of nitrogens with zero attached hydrogens (tertiary/aromatic N) is 2. The van der Waals surface area contributed by atoms with Crippen molar-refractivity contribution in [3.63, 3.8) is 0 Å². The maximum atomic E-state index is 12.9. The fourth-order valence-electron chi connectivity index (χ4n) is 4.00. The first-order chi connectivity index (χ1) is 15.2. The van der Waals surface area contributed by atoms with Crippen LogP contribution >= 0.6 is 15.9 Å². The third-order valence-corrected chi connectivity index (χ3v) is 6.16. The number of hydrogen-bond acceptors (Lipinski definition) is 3. The third kappa shape index (κ3) is 4.96. The molecule has 1 amide bonds. The second-order valence-corrected chi connectivity index (χ2v) is 8.69. The molecule has 4 rings (SSSR count). The highest BCUT2D eigenvalue weighted by Crippen LogP contribution is 2.34. The molecule has 1 saturated heterocycles. The molecule has 0 saturated carbocycles. The number of carbonyl (C=O) groups excluding carboxylic acids is 1. The molecule has 0 aliphatic carbocycles. The summed E-state index contributed by atoms with van der Waals surface area (Å²) >= 11 is 3.35. The Morgan fingerprint density at radius 2 is 1.97 bits per heavy atom. The van der Waals surface area contributed by atoms with Gasteiger partial charge in [-0.05, 0) is 82.9 Å². The van der Waals surface area contributed by atoms with E-state index in [-0.39, 0.29) is 11.6 Å². The Balaban J connectivity index is 1.50. The molecule has 0 unspecified atom stereocenters. The molecule has 1 aliphatic heterocycles. The molecule has 2 aromatic carbocycles. The average molecular weight is 504 g/mol. The van der Waals surface area contributed by atoms with E-state index in [1.165, 1.54) is 12.1 Å². The lowest BCUT2D eigenvalue weighted by molar-refractivity contribution is -0.137. The third-order valence-electron chi connectivity index (χ3n) is 5.69. The smallest absolute Gasteiger partial charge is 0.370 e. The van der Waals surface area contributed by atoms with Crippen molar-refractivity contribution in [2.45, 2.75) is 25.4 Å². The van der Waals surface area contributed by atoms with Gasteiger partial charge in [-0.25, -0.2) is 4.98 Å². The average Bonchev–Trinajstić information content (AvgIpc) is 3.24. The van der Waals surface area contributed by atoms with Crippen molar-refractivity contribution in [3.8, 4) is 0 Å². The maximum Gasteiger partial charge on any atom is 0.416 e. The zero-order valence-electron chi connectivity index (χ0n) is 17.3. The molecule has 1 N–H and O–H groups in total. The molecule has 0 bridgehead atoms. The molecule has 2 heterocycles. The van der Waals surface area contributed by atoms with Crippen molar-refractivity contribution in [2.24, 2.45) is 0 Å². The fourth-order valence-corrected chi connectivity index (χ4v) is 4.24. The molecule has 1 aliphatic rings. The first-order valence-electron chi connectivity index (χ1n) is 10.2. The fraction of sp³-hybridized carbons (Fsp3) is 0.250. The van der Waals surface area contributed by atoms with E-state index in [0.29, 0.717) is 5.56 Å². The van der Waals surface area contributed by atoms with Gasteiger partial charge in [-0.3, -0.25) is 4.79 Å². The molecule has 1 atom stereocenters. The highest BCUT2D eigenvalue weighted by Gasteiger charge is 2.30. The Kier molecular flexibility index (Phi) is 6.24. The van der Waals surface area contributed by atoms with E-state index in [2.05, 4.69) is 31.1 Å². The van der Waals surface area contributed by atoms with Crippen LogP contribution in [0.25, 0.3) is 0 Å². The van der Waals surface area contributed by atoms with Gasteiger partial charge >= 0.3 is 6.18 Å². The van der Waals surface area contributed by atoms with E-state index in [1.54, 1.807) is 6.07 Å². The number of nitrogens with one attached hydrogen (secondary N) is 1. The van der Waals surface area contributed by atoms with Gasteiger partial charge in [0.25, 0.3) is 5.91 Å². The van der Waals surface area contributed by atoms with Crippen LogP contribution in [-0.4, -0.2) is 24.0 Å². The number of aromatic nitrogens is 1. The molecule has 1 fully saturated rings. The van der Waals surface area contributed by atoms with Crippen LogP contribution in [0.3, 0.4) is 0 Å². The second kappa shape index (κ2) is 8.94. The van der Waals surface area contributed by atoms with Gasteiger partial charge in [0.05, 0.1) is 17.4 Å². The van der Waals surface area contributed by atoms with Gasteiger partial charge in [0, 0.05) is 30.3 Å². The monoisotopic (exact) mass is 503 g/mol. The molecular weight excluding hydrogens is 483 g/mol. The van der Waals surface area contributed by atoms with Gasteiger partial charge in [-0.1, -0.05) is 12.1 Å². The first kappa shape index (κ1) is 22.3. The van der Waals surface area contributed by atoms with E-state index >= 15 is 0 Å². The largest absolute Gasteiger partial charge is 0.416 e. The van der Waals surface area contributed by atoms with Crippen LogP contribution in [0.15, 0.2) is 65.4 Å². The molecule has 0 radical (unpaired) electrons. The summed E-state index contributed by atoms with van der Waals surface area (Å²) in [5.41, 5.74) is 2.95. The number of aryl methyl sites for hydroxylation is 1. The van der Waals surface area contributed by atoms with Crippen molar-refractivity contribution in [1.82, 2.24) is 4.98 Å². The van der Waals surface area contributed by atoms with Crippen molar-refractivity contribution in [1.29, 1.82) is 0 Å². The highest BCUT2D eigenvalue weighted by molar-refractivity contribution is 9.10. The number of rotatable bonds is 4. The molecule has 0 spiro atoms. The predicted molar refractivity (Wildman–Crippen MR) is 122 cm³/mol. The minimum atomic E-state index is -4.46. The zero-order chi connectivity index (χ0) is 22.9. The molecule has 166 valence electrons. The van der Waals surface area contributed by atoms with Gasteiger partial charge in [0.2, 0.25) is 0 Å². The number of amides is 1. The van der Waals surface area contributed by atoms with E-state index in [0.717, 1.165) is 53.1 Å².